The molecule has 6 nitrogen and oxygen atoms in total. The number of nitrogens with one attached hydrogen (secondary N) is 1. The van der Waals surface area contributed by atoms with Crippen LogP contribution in [-0.4, -0.2) is 54.9 Å². The maximum Gasteiger partial charge on any atom is 0.211 e. The third-order valence-electron chi connectivity index (χ3n) is 2.93. The van der Waals surface area contributed by atoms with E-state index in [0.29, 0.717) is 13.1 Å². The Balaban J connectivity index is 2.11. The van der Waals surface area contributed by atoms with Gasteiger partial charge in [0, 0.05) is 26.3 Å². The maximum atomic E-state index is 11.4. The predicted molar refractivity (Wildman–Crippen MR) is 76.5 cm³/mol. The smallest absolute Gasteiger partial charge is 0.211 e. The molecular formula is C12H24N4O2S. The standard InChI is InChI=1S/C12H24N4O2S/c1-4-16(19(3,17)18)9-5-7-13-8-6-12-10-14-15(2)11-12/h10-11,13H,4-9H2,1-3H3. The molecule has 1 heterocycles. The molecule has 0 saturated carbocycles. The highest BCUT2D eigenvalue weighted by atomic mass is 32.2. The number of aryl methyl sites for hydroxylation is 1. The Labute approximate surface area is 115 Å². The number of rotatable bonds is 9. The van der Waals surface area contributed by atoms with Gasteiger partial charge in [-0.2, -0.15) is 5.10 Å². The first-order valence-electron chi connectivity index (χ1n) is 6.57. The van der Waals surface area contributed by atoms with Crippen LogP contribution in [0.15, 0.2) is 12.4 Å². The third kappa shape index (κ3) is 6.17. The second-order valence-electron chi connectivity index (χ2n) is 4.63. The summed E-state index contributed by atoms with van der Waals surface area (Å²) in [5, 5.41) is 7.42. The van der Waals surface area contributed by atoms with Crippen molar-refractivity contribution in [2.45, 2.75) is 19.8 Å². The summed E-state index contributed by atoms with van der Waals surface area (Å²) >= 11 is 0. The molecule has 1 aromatic rings. The van der Waals surface area contributed by atoms with Crippen molar-refractivity contribution in [1.29, 1.82) is 0 Å². The first-order valence-corrected chi connectivity index (χ1v) is 8.41. The SMILES string of the molecule is CCN(CCCNCCc1cnn(C)c1)S(C)(=O)=O. The first-order chi connectivity index (χ1) is 8.93. The molecule has 0 unspecified atom stereocenters. The Morgan fingerprint density at radius 3 is 2.68 bits per heavy atom. The lowest BCUT2D eigenvalue weighted by Crippen LogP contribution is -2.32. The van der Waals surface area contributed by atoms with Gasteiger partial charge in [0.05, 0.1) is 12.5 Å². The van der Waals surface area contributed by atoms with Gasteiger partial charge in [-0.1, -0.05) is 6.92 Å². The molecule has 19 heavy (non-hydrogen) atoms. The zero-order valence-corrected chi connectivity index (χ0v) is 12.8. The molecule has 0 aliphatic rings. The van der Waals surface area contributed by atoms with E-state index in [1.165, 1.54) is 16.1 Å². The minimum absolute atomic E-state index is 0.536. The van der Waals surface area contributed by atoms with E-state index in [1.54, 1.807) is 4.68 Å². The molecule has 0 bridgehead atoms. The van der Waals surface area contributed by atoms with Gasteiger partial charge in [0.2, 0.25) is 10.0 Å². The number of nitrogens with zero attached hydrogens (tertiary/aromatic N) is 3. The number of aromatic nitrogens is 2. The van der Waals surface area contributed by atoms with Crippen LogP contribution in [0.4, 0.5) is 0 Å². The largest absolute Gasteiger partial charge is 0.316 e. The number of hydrogen-bond acceptors (Lipinski definition) is 4. The molecule has 0 aliphatic heterocycles. The van der Waals surface area contributed by atoms with E-state index in [2.05, 4.69) is 10.4 Å². The second-order valence-corrected chi connectivity index (χ2v) is 6.61. The molecule has 0 amide bonds. The Kier molecular flexibility index (Phi) is 6.47. The fourth-order valence-corrected chi connectivity index (χ4v) is 2.83. The topological polar surface area (TPSA) is 67.2 Å². The summed E-state index contributed by atoms with van der Waals surface area (Å²) in [4.78, 5) is 0. The summed E-state index contributed by atoms with van der Waals surface area (Å²) in [5.41, 5.74) is 1.21. The van der Waals surface area contributed by atoms with E-state index in [4.69, 9.17) is 0 Å². The van der Waals surface area contributed by atoms with E-state index in [0.717, 1.165) is 25.9 Å². The Morgan fingerprint density at radius 2 is 2.16 bits per heavy atom. The zero-order valence-electron chi connectivity index (χ0n) is 12.0. The molecule has 0 aromatic carbocycles. The van der Waals surface area contributed by atoms with Crippen LogP contribution >= 0.6 is 0 Å². The van der Waals surface area contributed by atoms with Crippen molar-refractivity contribution < 1.29 is 8.42 Å². The van der Waals surface area contributed by atoms with Crippen molar-refractivity contribution in [3.8, 4) is 0 Å². The fourth-order valence-electron chi connectivity index (χ4n) is 1.90. The van der Waals surface area contributed by atoms with Gasteiger partial charge in [-0.15, -0.1) is 0 Å². The van der Waals surface area contributed by atoms with Crippen LogP contribution in [0.1, 0.15) is 18.9 Å². The summed E-state index contributed by atoms with van der Waals surface area (Å²) in [6.07, 6.45) is 6.89. The predicted octanol–water partition coefficient (Wildman–Crippen LogP) is 0.224. The quantitative estimate of drug-likeness (QED) is 0.660. The lowest BCUT2D eigenvalue weighted by Gasteiger charge is -2.17. The van der Waals surface area contributed by atoms with Crippen molar-refractivity contribution in [3.05, 3.63) is 18.0 Å². The van der Waals surface area contributed by atoms with E-state index in [9.17, 15) is 8.42 Å². The van der Waals surface area contributed by atoms with Gasteiger partial charge in [-0.05, 0) is 31.5 Å². The second kappa shape index (κ2) is 7.62. The third-order valence-corrected chi connectivity index (χ3v) is 4.31. The molecule has 0 atom stereocenters. The van der Waals surface area contributed by atoms with Crippen molar-refractivity contribution in [1.82, 2.24) is 19.4 Å². The summed E-state index contributed by atoms with van der Waals surface area (Å²) in [6, 6.07) is 0. The van der Waals surface area contributed by atoms with Gasteiger partial charge >= 0.3 is 0 Å². The van der Waals surface area contributed by atoms with Crippen LogP contribution < -0.4 is 5.32 Å². The van der Waals surface area contributed by atoms with Crippen molar-refractivity contribution in [3.63, 3.8) is 0 Å². The van der Waals surface area contributed by atoms with E-state index < -0.39 is 10.0 Å². The van der Waals surface area contributed by atoms with Gasteiger partial charge in [0.1, 0.15) is 0 Å². The minimum Gasteiger partial charge on any atom is -0.316 e. The molecule has 0 saturated heterocycles. The lowest BCUT2D eigenvalue weighted by atomic mass is 10.2. The molecular weight excluding hydrogens is 264 g/mol. The van der Waals surface area contributed by atoms with Crippen molar-refractivity contribution in [2.24, 2.45) is 7.05 Å². The van der Waals surface area contributed by atoms with Crippen LogP contribution in [0.25, 0.3) is 0 Å². The number of sulfonamides is 1. The molecule has 1 aromatic heterocycles. The Morgan fingerprint density at radius 1 is 1.42 bits per heavy atom. The van der Waals surface area contributed by atoms with E-state index in [-0.39, 0.29) is 0 Å². The molecule has 1 rings (SSSR count). The van der Waals surface area contributed by atoms with Crippen LogP contribution in [0, 0.1) is 0 Å². The maximum absolute atomic E-state index is 11.4. The lowest BCUT2D eigenvalue weighted by molar-refractivity contribution is 0.419. The fraction of sp³-hybridized carbons (Fsp3) is 0.750. The molecule has 7 heteroatoms. The number of hydrogen-bond donors (Lipinski definition) is 1. The molecule has 0 spiro atoms. The van der Waals surface area contributed by atoms with Gasteiger partial charge in [0.15, 0.2) is 0 Å². The summed E-state index contributed by atoms with van der Waals surface area (Å²) < 4.78 is 26.0. The average molecular weight is 288 g/mol. The van der Waals surface area contributed by atoms with E-state index in [1.807, 2.05) is 26.4 Å². The molecule has 0 fully saturated rings. The van der Waals surface area contributed by atoms with Crippen LogP contribution in [0.3, 0.4) is 0 Å². The minimum atomic E-state index is -3.05. The van der Waals surface area contributed by atoms with Crippen LogP contribution in [0.2, 0.25) is 0 Å². The highest BCUT2D eigenvalue weighted by molar-refractivity contribution is 7.88. The van der Waals surface area contributed by atoms with Crippen molar-refractivity contribution >= 4 is 10.0 Å². The zero-order chi connectivity index (χ0) is 14.3. The molecule has 0 radical (unpaired) electrons. The summed E-state index contributed by atoms with van der Waals surface area (Å²) in [6.45, 7) is 4.68. The molecule has 1 N–H and O–H groups in total. The molecule has 110 valence electrons. The first kappa shape index (κ1) is 16.1. The monoisotopic (exact) mass is 288 g/mol. The van der Waals surface area contributed by atoms with E-state index >= 15 is 0 Å². The van der Waals surface area contributed by atoms with Crippen LogP contribution in [0.5, 0.6) is 0 Å². The highest BCUT2D eigenvalue weighted by Crippen LogP contribution is 1.99. The Hall–Kier alpha value is -0.920. The highest BCUT2D eigenvalue weighted by Gasteiger charge is 2.12. The normalized spacial score (nSPS) is 12.2. The average Bonchev–Trinajstić information content (AvgIpc) is 2.72. The molecule has 0 aliphatic carbocycles. The van der Waals surface area contributed by atoms with Gasteiger partial charge in [-0.3, -0.25) is 4.68 Å². The van der Waals surface area contributed by atoms with Gasteiger partial charge in [0.25, 0.3) is 0 Å². The Bertz CT molecular complexity index is 470. The summed E-state index contributed by atoms with van der Waals surface area (Å²) in [7, 11) is -1.15. The van der Waals surface area contributed by atoms with Crippen LogP contribution in [-0.2, 0) is 23.5 Å². The van der Waals surface area contributed by atoms with Gasteiger partial charge in [-0.25, -0.2) is 12.7 Å². The van der Waals surface area contributed by atoms with Gasteiger partial charge < -0.3 is 5.32 Å². The summed E-state index contributed by atoms with van der Waals surface area (Å²) in [5.74, 6) is 0. The van der Waals surface area contributed by atoms with Crippen molar-refractivity contribution in [2.75, 3.05) is 32.4 Å².